The molecular weight excluding hydrogens is 236 g/mol. The zero-order chi connectivity index (χ0) is 13.6. The fraction of sp³-hybridized carbons (Fsp3) is 0.812. The van der Waals surface area contributed by atoms with Crippen molar-refractivity contribution in [3.63, 3.8) is 0 Å². The van der Waals surface area contributed by atoms with Gasteiger partial charge in [0.25, 0.3) is 0 Å². The Morgan fingerprint density at radius 3 is 2.61 bits per heavy atom. The quantitative estimate of drug-likeness (QED) is 0.481. The summed E-state index contributed by atoms with van der Waals surface area (Å²) in [7, 11) is -1.25. The molecule has 0 amide bonds. The molecule has 0 saturated heterocycles. The van der Waals surface area contributed by atoms with Crippen LogP contribution in [-0.2, 0) is 4.79 Å². The van der Waals surface area contributed by atoms with E-state index < -0.39 is 8.07 Å². The summed E-state index contributed by atoms with van der Waals surface area (Å²) >= 11 is 0. The number of carbonyl (C=O) groups excluding carboxylic acids is 1. The van der Waals surface area contributed by atoms with Crippen molar-refractivity contribution in [1.29, 1.82) is 0 Å². The van der Waals surface area contributed by atoms with Crippen LogP contribution in [0.3, 0.4) is 0 Å². The zero-order valence-corrected chi connectivity index (χ0v) is 13.7. The van der Waals surface area contributed by atoms with E-state index in [9.17, 15) is 4.79 Å². The lowest BCUT2D eigenvalue weighted by molar-refractivity contribution is -0.121. The van der Waals surface area contributed by atoms with Gasteiger partial charge < -0.3 is 0 Å². The van der Waals surface area contributed by atoms with Crippen LogP contribution in [0.1, 0.15) is 58.3 Å². The minimum absolute atomic E-state index is 0.490. The highest BCUT2D eigenvalue weighted by molar-refractivity contribution is 6.83. The second kappa shape index (κ2) is 7.27. The molecule has 0 aromatic rings. The molecule has 1 fully saturated rings. The molecule has 104 valence electrons. The number of allylic oxidation sites excluding steroid dienone is 2. The molecule has 1 saturated carbocycles. The van der Waals surface area contributed by atoms with E-state index in [1.165, 1.54) is 32.1 Å². The van der Waals surface area contributed by atoms with E-state index in [4.69, 9.17) is 0 Å². The molecule has 1 nitrogen and oxygen atoms in total. The summed E-state index contributed by atoms with van der Waals surface area (Å²) in [5.41, 5.74) is 0. The van der Waals surface area contributed by atoms with Crippen molar-refractivity contribution in [2.75, 3.05) is 0 Å². The Bertz CT molecular complexity index is 299. The van der Waals surface area contributed by atoms with Gasteiger partial charge in [-0.3, -0.25) is 4.79 Å². The summed E-state index contributed by atoms with van der Waals surface area (Å²) in [5.74, 6) is 1.07. The highest BCUT2D eigenvalue weighted by Gasteiger charge is 2.30. The van der Waals surface area contributed by atoms with Crippen molar-refractivity contribution < 1.29 is 4.79 Å². The van der Waals surface area contributed by atoms with Gasteiger partial charge in [-0.15, -0.1) is 0 Å². The Balaban J connectivity index is 2.68. The maximum atomic E-state index is 11.7. The Morgan fingerprint density at radius 2 is 2.06 bits per heavy atom. The Labute approximate surface area is 114 Å². The summed E-state index contributed by atoms with van der Waals surface area (Å²) in [6.45, 7) is 9.54. The van der Waals surface area contributed by atoms with Gasteiger partial charge in [0.1, 0.15) is 5.78 Å². The maximum absolute atomic E-state index is 11.7. The molecule has 0 radical (unpaired) electrons. The van der Waals surface area contributed by atoms with Gasteiger partial charge in [0, 0.05) is 12.8 Å². The van der Waals surface area contributed by atoms with Gasteiger partial charge in [0.15, 0.2) is 0 Å². The Hall–Kier alpha value is -0.373. The smallest absolute Gasteiger partial charge is 0.133 e. The molecule has 1 atom stereocenters. The lowest BCUT2D eigenvalue weighted by Gasteiger charge is -2.31. The predicted molar refractivity (Wildman–Crippen MR) is 82.5 cm³/mol. The molecule has 0 heterocycles. The van der Waals surface area contributed by atoms with Crippen LogP contribution in [0, 0.1) is 5.92 Å². The largest absolute Gasteiger partial charge is 0.300 e. The van der Waals surface area contributed by atoms with Crippen molar-refractivity contribution in [2.45, 2.75) is 77.9 Å². The SMILES string of the molecule is CCCCC/C=C(/C1CCCC(=O)C1)[Si](C)(C)C. The lowest BCUT2D eigenvalue weighted by Crippen LogP contribution is -2.32. The lowest BCUT2D eigenvalue weighted by atomic mass is 9.87. The number of unbranched alkanes of at least 4 members (excludes halogenated alkanes) is 3. The van der Waals surface area contributed by atoms with Crippen molar-refractivity contribution >= 4 is 13.9 Å². The molecule has 1 unspecified atom stereocenters. The van der Waals surface area contributed by atoms with Gasteiger partial charge in [-0.2, -0.15) is 0 Å². The van der Waals surface area contributed by atoms with Crippen LogP contribution in [0.25, 0.3) is 0 Å². The van der Waals surface area contributed by atoms with Crippen LogP contribution in [-0.4, -0.2) is 13.9 Å². The standard InChI is InChI=1S/C16H30OSi/c1-5-6-7-8-12-16(18(2,3)4)14-10-9-11-15(17)13-14/h12,14H,5-11,13H2,1-4H3/b16-12-. The van der Waals surface area contributed by atoms with Crippen LogP contribution in [0.4, 0.5) is 0 Å². The monoisotopic (exact) mass is 266 g/mol. The fourth-order valence-electron chi connectivity index (χ4n) is 3.03. The Kier molecular flexibility index (Phi) is 6.34. The third kappa shape index (κ3) is 5.09. The van der Waals surface area contributed by atoms with Gasteiger partial charge in [0.05, 0.1) is 8.07 Å². The maximum Gasteiger partial charge on any atom is 0.133 e. The first kappa shape index (κ1) is 15.7. The first-order chi connectivity index (χ1) is 8.45. The second-order valence-corrected chi connectivity index (χ2v) is 11.8. The first-order valence-corrected chi connectivity index (χ1v) is 11.2. The van der Waals surface area contributed by atoms with Crippen molar-refractivity contribution in [1.82, 2.24) is 0 Å². The van der Waals surface area contributed by atoms with Crippen LogP contribution < -0.4 is 0 Å². The van der Waals surface area contributed by atoms with Crippen LogP contribution in [0.2, 0.25) is 19.6 Å². The van der Waals surface area contributed by atoms with E-state index in [1.807, 2.05) is 0 Å². The number of ketones is 1. The topological polar surface area (TPSA) is 17.1 Å². The molecule has 0 bridgehead atoms. The van der Waals surface area contributed by atoms with E-state index in [-0.39, 0.29) is 0 Å². The number of Topliss-reactive ketones (excluding diaryl/α,β-unsaturated/α-hetero) is 1. The third-order valence-electron chi connectivity index (χ3n) is 3.96. The summed E-state index contributed by atoms with van der Waals surface area (Å²) in [6, 6.07) is 0. The highest BCUT2D eigenvalue weighted by atomic mass is 28.3. The number of carbonyl (C=O) groups is 1. The minimum atomic E-state index is -1.25. The molecule has 0 aromatic carbocycles. The molecule has 1 aliphatic rings. The molecule has 0 N–H and O–H groups in total. The van der Waals surface area contributed by atoms with Crippen LogP contribution in [0.15, 0.2) is 11.3 Å². The number of hydrogen-bond donors (Lipinski definition) is 0. The van der Waals surface area contributed by atoms with Crippen LogP contribution in [0.5, 0.6) is 0 Å². The minimum Gasteiger partial charge on any atom is -0.300 e. The van der Waals surface area contributed by atoms with Gasteiger partial charge >= 0.3 is 0 Å². The van der Waals surface area contributed by atoms with E-state index >= 15 is 0 Å². The molecule has 1 rings (SSSR count). The van der Waals surface area contributed by atoms with E-state index in [0.29, 0.717) is 11.7 Å². The zero-order valence-electron chi connectivity index (χ0n) is 12.7. The van der Waals surface area contributed by atoms with Gasteiger partial charge in [-0.25, -0.2) is 0 Å². The van der Waals surface area contributed by atoms with Gasteiger partial charge in [-0.05, 0) is 31.6 Å². The summed E-state index contributed by atoms with van der Waals surface area (Å²) in [5, 5.41) is 1.67. The summed E-state index contributed by atoms with van der Waals surface area (Å²) < 4.78 is 0. The van der Waals surface area contributed by atoms with E-state index in [2.05, 4.69) is 32.6 Å². The summed E-state index contributed by atoms with van der Waals surface area (Å²) in [4.78, 5) is 11.7. The number of hydrogen-bond acceptors (Lipinski definition) is 1. The molecule has 2 heteroatoms. The predicted octanol–water partition coefficient (Wildman–Crippen LogP) is 5.13. The highest BCUT2D eigenvalue weighted by Crippen LogP contribution is 2.33. The second-order valence-electron chi connectivity index (χ2n) is 6.74. The summed E-state index contributed by atoms with van der Waals surface area (Å²) in [6.07, 6.45) is 11.7. The number of rotatable bonds is 6. The van der Waals surface area contributed by atoms with Crippen molar-refractivity contribution in [3.8, 4) is 0 Å². The molecule has 1 aliphatic carbocycles. The molecule has 0 aliphatic heterocycles. The first-order valence-electron chi connectivity index (χ1n) is 7.67. The van der Waals surface area contributed by atoms with Crippen LogP contribution >= 0.6 is 0 Å². The van der Waals surface area contributed by atoms with E-state index in [1.54, 1.807) is 5.20 Å². The fourth-order valence-corrected chi connectivity index (χ4v) is 5.26. The average molecular weight is 267 g/mol. The molecular formula is C16H30OSi. The van der Waals surface area contributed by atoms with Gasteiger partial charge in [0.2, 0.25) is 0 Å². The molecule has 0 spiro atoms. The molecule has 18 heavy (non-hydrogen) atoms. The third-order valence-corrected chi connectivity index (χ3v) is 6.30. The van der Waals surface area contributed by atoms with Gasteiger partial charge in [-0.1, -0.05) is 50.7 Å². The average Bonchev–Trinajstić information content (AvgIpc) is 2.27. The van der Waals surface area contributed by atoms with Crippen molar-refractivity contribution in [3.05, 3.63) is 11.3 Å². The molecule has 0 aromatic heterocycles. The van der Waals surface area contributed by atoms with Crippen molar-refractivity contribution in [2.24, 2.45) is 5.92 Å². The normalized spacial score (nSPS) is 22.3. The Morgan fingerprint density at radius 1 is 1.33 bits per heavy atom. The van der Waals surface area contributed by atoms with E-state index in [0.717, 1.165) is 19.3 Å².